The molecule has 4 rings (SSSR count). The molecule has 2 unspecified atom stereocenters. The van der Waals surface area contributed by atoms with Crippen LogP contribution in [0.4, 0.5) is 5.69 Å². The Hall–Kier alpha value is -2.29. The summed E-state index contributed by atoms with van der Waals surface area (Å²) in [5.74, 6) is -0.928. The molecule has 2 aliphatic rings. The van der Waals surface area contributed by atoms with E-state index >= 15 is 0 Å². The predicted molar refractivity (Wildman–Crippen MR) is 82.5 cm³/mol. The van der Waals surface area contributed by atoms with Gasteiger partial charge in [-0.2, -0.15) is 0 Å². The lowest BCUT2D eigenvalue weighted by Crippen LogP contribution is -2.42. The second-order valence-electron chi connectivity index (χ2n) is 5.98. The maximum absolute atomic E-state index is 11.1. The van der Waals surface area contributed by atoms with Gasteiger partial charge >= 0.3 is 5.97 Å². The molecule has 106 valence electrons. The first-order chi connectivity index (χ1) is 10.2. The minimum Gasteiger partial charge on any atom is -0.481 e. The number of rotatable bonds is 3. The minimum atomic E-state index is -0.688. The molecule has 0 aromatic heterocycles. The van der Waals surface area contributed by atoms with Crippen molar-refractivity contribution in [2.45, 2.75) is 25.3 Å². The molecule has 2 aromatic rings. The van der Waals surface area contributed by atoms with Gasteiger partial charge in [-0.1, -0.05) is 30.3 Å². The van der Waals surface area contributed by atoms with E-state index in [0.717, 1.165) is 24.9 Å². The first-order valence-corrected chi connectivity index (χ1v) is 7.43. The van der Waals surface area contributed by atoms with Crippen molar-refractivity contribution >= 4 is 11.7 Å². The van der Waals surface area contributed by atoms with Crippen LogP contribution >= 0.6 is 0 Å². The zero-order valence-corrected chi connectivity index (χ0v) is 11.7. The highest BCUT2D eigenvalue weighted by molar-refractivity contribution is 5.79. The van der Waals surface area contributed by atoms with Gasteiger partial charge in [0.25, 0.3) is 0 Å². The molecule has 3 nitrogen and oxygen atoms in total. The minimum absolute atomic E-state index is 0.0735. The summed E-state index contributed by atoms with van der Waals surface area (Å²) in [7, 11) is 0. The van der Waals surface area contributed by atoms with Crippen LogP contribution in [0.25, 0.3) is 11.1 Å². The van der Waals surface area contributed by atoms with Crippen LogP contribution in [0.15, 0.2) is 42.5 Å². The van der Waals surface area contributed by atoms with E-state index in [4.69, 9.17) is 5.11 Å². The Labute approximate surface area is 123 Å². The lowest BCUT2D eigenvalue weighted by atomic mass is 9.79. The Kier molecular flexibility index (Phi) is 2.74. The van der Waals surface area contributed by atoms with Crippen LogP contribution in [0.3, 0.4) is 0 Å². The number of benzene rings is 2. The van der Waals surface area contributed by atoms with E-state index < -0.39 is 5.97 Å². The van der Waals surface area contributed by atoms with Crippen LogP contribution in [0.2, 0.25) is 0 Å². The largest absolute Gasteiger partial charge is 0.481 e. The zero-order chi connectivity index (χ0) is 14.4. The topological polar surface area (TPSA) is 49.3 Å². The van der Waals surface area contributed by atoms with E-state index in [1.54, 1.807) is 0 Å². The highest BCUT2D eigenvalue weighted by Crippen LogP contribution is 2.38. The molecule has 2 aromatic carbocycles. The standard InChI is InChI=1S/C18H17NO2/c20-18(21)16-7-8-17(16)19-13-5-6-15-12(10-13)9-11-3-1-2-4-14(11)15/h1-6,10,16-17,19H,7-9H2,(H,20,21). The number of hydrogen-bond donors (Lipinski definition) is 2. The predicted octanol–water partition coefficient (Wildman–Crippen LogP) is 3.53. The fraction of sp³-hybridized carbons (Fsp3) is 0.278. The molecule has 0 saturated heterocycles. The summed E-state index contributed by atoms with van der Waals surface area (Å²) in [6.45, 7) is 0. The Morgan fingerprint density at radius 2 is 1.86 bits per heavy atom. The third-order valence-electron chi connectivity index (χ3n) is 4.74. The fourth-order valence-electron chi connectivity index (χ4n) is 3.42. The van der Waals surface area contributed by atoms with Crippen molar-refractivity contribution in [3.8, 4) is 11.1 Å². The van der Waals surface area contributed by atoms with Crippen molar-refractivity contribution < 1.29 is 9.90 Å². The van der Waals surface area contributed by atoms with Gasteiger partial charge in [0.05, 0.1) is 5.92 Å². The smallest absolute Gasteiger partial charge is 0.308 e. The lowest BCUT2D eigenvalue weighted by molar-refractivity contribution is -0.144. The first kappa shape index (κ1) is 12.5. The van der Waals surface area contributed by atoms with Crippen LogP contribution in [-0.4, -0.2) is 17.1 Å². The molecule has 0 radical (unpaired) electrons. The van der Waals surface area contributed by atoms with Crippen molar-refractivity contribution in [1.82, 2.24) is 0 Å². The Balaban J connectivity index is 1.58. The Bertz CT molecular complexity index is 723. The Morgan fingerprint density at radius 3 is 2.62 bits per heavy atom. The molecule has 0 bridgehead atoms. The van der Waals surface area contributed by atoms with Crippen LogP contribution in [0.1, 0.15) is 24.0 Å². The number of carboxylic acids is 1. The van der Waals surface area contributed by atoms with Crippen molar-refractivity contribution in [2.24, 2.45) is 5.92 Å². The number of hydrogen-bond acceptors (Lipinski definition) is 2. The van der Waals surface area contributed by atoms with Gasteiger partial charge in [-0.3, -0.25) is 4.79 Å². The first-order valence-electron chi connectivity index (χ1n) is 7.43. The number of anilines is 1. The molecule has 2 N–H and O–H groups in total. The van der Waals surface area contributed by atoms with Crippen molar-refractivity contribution in [2.75, 3.05) is 5.32 Å². The van der Waals surface area contributed by atoms with Gasteiger partial charge in [0.1, 0.15) is 0 Å². The van der Waals surface area contributed by atoms with E-state index in [-0.39, 0.29) is 12.0 Å². The van der Waals surface area contributed by atoms with Crippen molar-refractivity contribution in [3.05, 3.63) is 53.6 Å². The maximum atomic E-state index is 11.1. The van der Waals surface area contributed by atoms with Gasteiger partial charge in [-0.25, -0.2) is 0 Å². The van der Waals surface area contributed by atoms with Crippen LogP contribution in [-0.2, 0) is 11.2 Å². The number of aliphatic carboxylic acids is 1. The summed E-state index contributed by atoms with van der Waals surface area (Å²) in [6.07, 6.45) is 2.69. The third-order valence-corrected chi connectivity index (χ3v) is 4.74. The molecule has 0 aliphatic heterocycles. The highest BCUT2D eigenvalue weighted by atomic mass is 16.4. The van der Waals surface area contributed by atoms with Crippen molar-refractivity contribution in [1.29, 1.82) is 0 Å². The Morgan fingerprint density at radius 1 is 1.05 bits per heavy atom. The molecule has 21 heavy (non-hydrogen) atoms. The molecule has 1 saturated carbocycles. The molecule has 2 aliphatic carbocycles. The number of carbonyl (C=O) groups is 1. The SMILES string of the molecule is O=C(O)C1CCC1Nc1ccc2c(c1)Cc1ccccc1-2. The maximum Gasteiger partial charge on any atom is 0.308 e. The van der Waals surface area contributed by atoms with Gasteiger partial charge in [0.15, 0.2) is 0 Å². The molecule has 3 heteroatoms. The number of nitrogens with one attached hydrogen (secondary N) is 1. The average Bonchev–Trinajstić information content (AvgIpc) is 2.80. The third kappa shape index (κ3) is 2.00. The summed E-state index contributed by atoms with van der Waals surface area (Å²) in [5.41, 5.74) is 6.37. The van der Waals surface area contributed by atoms with Gasteiger partial charge in [-0.05, 0) is 53.6 Å². The van der Waals surface area contributed by atoms with Gasteiger partial charge < -0.3 is 10.4 Å². The van der Waals surface area contributed by atoms with E-state index in [2.05, 4.69) is 47.8 Å². The zero-order valence-electron chi connectivity index (χ0n) is 11.7. The molecule has 0 amide bonds. The van der Waals surface area contributed by atoms with Crippen molar-refractivity contribution in [3.63, 3.8) is 0 Å². The van der Waals surface area contributed by atoms with Crippen LogP contribution < -0.4 is 5.32 Å². The monoisotopic (exact) mass is 279 g/mol. The second-order valence-corrected chi connectivity index (χ2v) is 5.98. The van der Waals surface area contributed by atoms with E-state index in [0.29, 0.717) is 0 Å². The molecule has 1 fully saturated rings. The lowest BCUT2D eigenvalue weighted by Gasteiger charge is -2.34. The van der Waals surface area contributed by atoms with E-state index in [9.17, 15) is 4.79 Å². The van der Waals surface area contributed by atoms with Gasteiger partial charge in [-0.15, -0.1) is 0 Å². The van der Waals surface area contributed by atoms with Gasteiger partial charge in [0.2, 0.25) is 0 Å². The second kappa shape index (κ2) is 4.62. The summed E-state index contributed by atoms with van der Waals surface area (Å²) < 4.78 is 0. The normalized spacial score (nSPS) is 22.1. The highest BCUT2D eigenvalue weighted by Gasteiger charge is 2.36. The summed E-state index contributed by atoms with van der Waals surface area (Å²) in [4.78, 5) is 11.1. The van der Waals surface area contributed by atoms with Crippen LogP contribution in [0, 0.1) is 5.92 Å². The van der Waals surface area contributed by atoms with E-state index in [1.807, 2.05) is 0 Å². The van der Waals surface area contributed by atoms with Gasteiger partial charge in [0, 0.05) is 11.7 Å². The van der Waals surface area contributed by atoms with Crippen LogP contribution in [0.5, 0.6) is 0 Å². The molecular weight excluding hydrogens is 262 g/mol. The number of carboxylic acid groups (broad SMARTS) is 1. The molecule has 0 heterocycles. The molecular formula is C18H17NO2. The summed E-state index contributed by atoms with van der Waals surface area (Å²) in [5, 5.41) is 12.5. The summed E-state index contributed by atoms with van der Waals surface area (Å²) in [6, 6.07) is 15.0. The molecule has 0 spiro atoms. The molecule has 2 atom stereocenters. The fourth-order valence-corrected chi connectivity index (χ4v) is 3.42. The average molecular weight is 279 g/mol. The number of fused-ring (bicyclic) bond motifs is 3. The van der Waals surface area contributed by atoms with E-state index in [1.165, 1.54) is 22.3 Å². The summed E-state index contributed by atoms with van der Waals surface area (Å²) >= 11 is 0. The quantitative estimate of drug-likeness (QED) is 0.771.